The van der Waals surface area contributed by atoms with Crippen LogP contribution in [0.2, 0.25) is 5.02 Å². The van der Waals surface area contributed by atoms with Crippen molar-refractivity contribution in [1.29, 1.82) is 0 Å². The summed E-state index contributed by atoms with van der Waals surface area (Å²) in [5.41, 5.74) is 6.13. The van der Waals surface area contributed by atoms with Crippen LogP contribution in [0.25, 0.3) is 0 Å². The third kappa shape index (κ3) is 4.93. The van der Waals surface area contributed by atoms with E-state index in [4.69, 9.17) is 17.3 Å². The monoisotopic (exact) mass is 326 g/mol. The molecule has 1 aromatic rings. The Balaban J connectivity index is 1.95. The summed E-state index contributed by atoms with van der Waals surface area (Å²) in [5.74, 6) is 1.02. The Hall–Kier alpha value is -1.20. The van der Waals surface area contributed by atoms with Crippen LogP contribution in [0, 0.1) is 11.8 Å². The fourth-order valence-corrected chi connectivity index (χ4v) is 3.08. The van der Waals surface area contributed by atoms with Crippen molar-refractivity contribution in [3.05, 3.63) is 34.9 Å². The van der Waals surface area contributed by atoms with E-state index in [0.717, 1.165) is 12.0 Å². The van der Waals surface area contributed by atoms with Crippen LogP contribution in [-0.4, -0.2) is 23.3 Å². The van der Waals surface area contributed by atoms with Gasteiger partial charge in [-0.2, -0.15) is 0 Å². The molecule has 114 valence electrons. The predicted octanol–water partition coefficient (Wildman–Crippen LogP) is 2.37. The number of amides is 2. The van der Waals surface area contributed by atoms with Gasteiger partial charge in [-0.25, -0.2) is 0 Å². The van der Waals surface area contributed by atoms with Gasteiger partial charge in [0.1, 0.15) is 0 Å². The van der Waals surface area contributed by atoms with Gasteiger partial charge >= 0.3 is 0 Å². The van der Waals surface area contributed by atoms with Crippen molar-refractivity contribution in [3.63, 3.8) is 0 Å². The van der Waals surface area contributed by atoms with E-state index in [0.29, 0.717) is 16.9 Å². The largest absolute Gasteiger partial charge is 0.369 e. The van der Waals surface area contributed by atoms with Crippen LogP contribution in [0.4, 0.5) is 0 Å². The van der Waals surface area contributed by atoms with Gasteiger partial charge in [-0.15, -0.1) is 11.8 Å². The molecule has 1 saturated carbocycles. The Morgan fingerprint density at radius 1 is 1.38 bits per heavy atom. The van der Waals surface area contributed by atoms with E-state index in [2.05, 4.69) is 12.2 Å². The van der Waals surface area contributed by atoms with Gasteiger partial charge in [0.2, 0.25) is 11.8 Å². The van der Waals surface area contributed by atoms with Gasteiger partial charge in [-0.1, -0.05) is 30.7 Å². The summed E-state index contributed by atoms with van der Waals surface area (Å²) >= 11 is 7.14. The molecule has 2 rings (SSSR count). The topological polar surface area (TPSA) is 72.2 Å². The second kappa shape index (κ2) is 7.18. The molecule has 21 heavy (non-hydrogen) atoms. The number of benzene rings is 1. The van der Waals surface area contributed by atoms with Crippen molar-refractivity contribution >= 4 is 35.2 Å². The molecule has 3 atom stereocenters. The lowest BCUT2D eigenvalue weighted by molar-refractivity contribution is -0.119. The van der Waals surface area contributed by atoms with Crippen LogP contribution in [0.3, 0.4) is 0 Å². The smallest absolute Gasteiger partial charge is 0.230 e. The van der Waals surface area contributed by atoms with Crippen molar-refractivity contribution in [1.82, 2.24) is 5.32 Å². The molecular formula is C15H19ClN2O2S. The fraction of sp³-hybridized carbons (Fsp3) is 0.467. The summed E-state index contributed by atoms with van der Waals surface area (Å²) in [4.78, 5) is 22.7. The van der Waals surface area contributed by atoms with Gasteiger partial charge in [0.05, 0.1) is 17.5 Å². The lowest BCUT2D eigenvalue weighted by atomic mass is 10.0. The first-order valence-electron chi connectivity index (χ1n) is 6.88. The standard InChI is InChI=1S/C15H19ClN2O2S/c1-9-6-12(9)15(10-2-4-11(16)5-3-10)18-14(20)8-21-7-13(17)19/h2-5,9,12,15H,6-8H2,1H3,(H2,17,19)(H,18,20). The molecule has 3 unspecified atom stereocenters. The van der Waals surface area contributed by atoms with E-state index in [1.54, 1.807) is 0 Å². The Kier molecular flexibility index (Phi) is 5.53. The summed E-state index contributed by atoms with van der Waals surface area (Å²) in [7, 11) is 0. The van der Waals surface area contributed by atoms with E-state index in [1.807, 2.05) is 24.3 Å². The van der Waals surface area contributed by atoms with Crippen molar-refractivity contribution < 1.29 is 9.59 Å². The molecule has 0 aromatic heterocycles. The molecule has 6 heteroatoms. The number of hydrogen-bond acceptors (Lipinski definition) is 3. The number of nitrogens with two attached hydrogens (primary N) is 1. The minimum absolute atomic E-state index is 0.0129. The second-order valence-corrected chi connectivity index (χ2v) is 6.85. The van der Waals surface area contributed by atoms with E-state index in [9.17, 15) is 9.59 Å². The van der Waals surface area contributed by atoms with Crippen LogP contribution in [-0.2, 0) is 9.59 Å². The zero-order valence-electron chi connectivity index (χ0n) is 11.8. The van der Waals surface area contributed by atoms with Crippen LogP contribution >= 0.6 is 23.4 Å². The van der Waals surface area contributed by atoms with Gasteiger partial charge in [0.15, 0.2) is 0 Å². The molecule has 0 aliphatic heterocycles. The molecule has 1 aliphatic rings. The molecule has 1 aliphatic carbocycles. The van der Waals surface area contributed by atoms with Crippen LogP contribution < -0.4 is 11.1 Å². The average molecular weight is 327 g/mol. The number of halogens is 1. The zero-order chi connectivity index (χ0) is 15.4. The summed E-state index contributed by atoms with van der Waals surface area (Å²) in [6.07, 6.45) is 1.11. The molecule has 4 nitrogen and oxygen atoms in total. The van der Waals surface area contributed by atoms with Gasteiger partial charge in [0.25, 0.3) is 0 Å². The summed E-state index contributed by atoms with van der Waals surface area (Å²) in [5, 5.41) is 3.75. The number of rotatable bonds is 7. The highest BCUT2D eigenvalue weighted by atomic mass is 35.5. The Morgan fingerprint density at radius 2 is 2.00 bits per heavy atom. The molecule has 1 fully saturated rings. The third-order valence-electron chi connectivity index (χ3n) is 3.62. The summed E-state index contributed by atoms with van der Waals surface area (Å²) in [6, 6.07) is 7.60. The second-order valence-electron chi connectivity index (χ2n) is 5.43. The van der Waals surface area contributed by atoms with E-state index < -0.39 is 5.91 Å². The highest BCUT2D eigenvalue weighted by Gasteiger charge is 2.40. The maximum absolute atomic E-state index is 12.0. The normalized spacial score (nSPS) is 21.6. The molecule has 0 radical (unpaired) electrons. The SMILES string of the molecule is CC1CC1C(NC(=O)CSCC(N)=O)c1ccc(Cl)cc1. The molecular weight excluding hydrogens is 308 g/mol. The Morgan fingerprint density at radius 3 is 2.52 bits per heavy atom. The van der Waals surface area contributed by atoms with Gasteiger partial charge in [-0.3, -0.25) is 9.59 Å². The van der Waals surface area contributed by atoms with E-state index in [-0.39, 0.29) is 23.5 Å². The quantitative estimate of drug-likeness (QED) is 0.808. The molecule has 3 N–H and O–H groups in total. The van der Waals surface area contributed by atoms with E-state index >= 15 is 0 Å². The summed E-state index contributed by atoms with van der Waals surface area (Å²) < 4.78 is 0. The molecule has 1 aromatic carbocycles. The first-order valence-corrected chi connectivity index (χ1v) is 8.41. The van der Waals surface area contributed by atoms with Gasteiger partial charge in [-0.05, 0) is 36.0 Å². The maximum Gasteiger partial charge on any atom is 0.230 e. The zero-order valence-corrected chi connectivity index (χ0v) is 13.4. The maximum atomic E-state index is 12.0. The molecule has 0 saturated heterocycles. The van der Waals surface area contributed by atoms with Crippen molar-refractivity contribution in [2.24, 2.45) is 17.6 Å². The molecule has 2 amide bonds. The number of carbonyl (C=O) groups is 2. The van der Waals surface area contributed by atoms with Gasteiger partial charge < -0.3 is 11.1 Å². The molecule has 0 bridgehead atoms. The van der Waals surface area contributed by atoms with Crippen LogP contribution in [0.5, 0.6) is 0 Å². The molecule has 0 spiro atoms. The highest BCUT2D eigenvalue weighted by Crippen LogP contribution is 2.47. The fourth-order valence-electron chi connectivity index (χ4n) is 2.38. The van der Waals surface area contributed by atoms with Gasteiger partial charge in [0, 0.05) is 5.02 Å². The first-order chi connectivity index (χ1) is 9.97. The number of carbonyl (C=O) groups excluding carboxylic acids is 2. The van der Waals surface area contributed by atoms with E-state index in [1.165, 1.54) is 11.8 Å². The first kappa shape index (κ1) is 16.2. The third-order valence-corrected chi connectivity index (χ3v) is 4.83. The highest BCUT2D eigenvalue weighted by molar-refractivity contribution is 8.00. The van der Waals surface area contributed by atoms with Crippen molar-refractivity contribution in [2.45, 2.75) is 19.4 Å². The molecule has 0 heterocycles. The lowest BCUT2D eigenvalue weighted by Gasteiger charge is -2.19. The predicted molar refractivity (Wildman–Crippen MR) is 86.1 cm³/mol. The number of primary amides is 1. The summed E-state index contributed by atoms with van der Waals surface area (Å²) in [6.45, 7) is 2.18. The van der Waals surface area contributed by atoms with Crippen LogP contribution in [0.15, 0.2) is 24.3 Å². The average Bonchev–Trinajstić information content (AvgIpc) is 3.13. The lowest BCUT2D eigenvalue weighted by Crippen LogP contribution is -2.32. The minimum atomic E-state index is -0.405. The van der Waals surface area contributed by atoms with Crippen LogP contribution in [0.1, 0.15) is 24.9 Å². The Labute approximate surface area is 133 Å². The van der Waals surface area contributed by atoms with Crippen molar-refractivity contribution in [2.75, 3.05) is 11.5 Å². The Bertz CT molecular complexity index is 521. The number of hydrogen-bond donors (Lipinski definition) is 2. The minimum Gasteiger partial charge on any atom is -0.369 e. The van der Waals surface area contributed by atoms with Crippen molar-refractivity contribution in [3.8, 4) is 0 Å². The number of nitrogens with one attached hydrogen (secondary N) is 1. The number of thioether (sulfide) groups is 1.